The molecule has 0 fully saturated rings. The molecule has 24 heteroatoms. The summed E-state index contributed by atoms with van der Waals surface area (Å²) in [7, 11) is -6.20. The Morgan fingerprint density at radius 1 is 0.509 bits per heavy atom. The van der Waals surface area contributed by atoms with Crippen LogP contribution < -0.4 is 0 Å². The van der Waals surface area contributed by atoms with Gasteiger partial charge in [-0.15, -0.1) is 0 Å². The number of hydrogen-bond donors (Lipinski definition) is 1. The molecule has 1 N–H and O–H groups in total. The molecule has 17 rings (SSSR count). The van der Waals surface area contributed by atoms with Gasteiger partial charge in [-0.1, -0.05) is 94.8 Å². The third kappa shape index (κ3) is 13.9. The number of allylic oxidation sites excluding steroid dienone is 2. The second-order valence-electron chi connectivity index (χ2n) is 31.1. The minimum atomic E-state index is -3.11. The van der Waals surface area contributed by atoms with Crippen molar-refractivity contribution < 1.29 is 44.2 Å². The molecule has 8 heterocycles. The lowest BCUT2D eigenvalue weighted by atomic mass is 9.56. The van der Waals surface area contributed by atoms with Crippen LogP contribution in [0.3, 0.4) is 0 Å². The van der Waals surface area contributed by atoms with Crippen molar-refractivity contribution in [3.05, 3.63) is 261 Å². The van der Waals surface area contributed by atoms with Crippen molar-refractivity contribution in [2.75, 3.05) is 24.0 Å². The van der Waals surface area contributed by atoms with Crippen LogP contribution in [0, 0.1) is 47.7 Å². The number of aliphatic hydroxyl groups is 1. The van der Waals surface area contributed by atoms with Crippen molar-refractivity contribution in [2.24, 2.45) is 23.7 Å². The van der Waals surface area contributed by atoms with Gasteiger partial charge < -0.3 is 14.2 Å². The van der Waals surface area contributed by atoms with Gasteiger partial charge in [0.1, 0.15) is 48.6 Å². The lowest BCUT2D eigenvalue weighted by molar-refractivity contribution is 0.135. The quantitative estimate of drug-likeness (QED) is 0.105. The molecular formula is C86H83F3N12O7S2. The second-order valence-corrected chi connectivity index (χ2v) is 35.6. The van der Waals surface area contributed by atoms with Crippen molar-refractivity contribution in [1.82, 2.24) is 55.2 Å². The van der Waals surface area contributed by atoms with Crippen LogP contribution in [0.2, 0.25) is 0 Å². The van der Waals surface area contributed by atoms with E-state index in [9.17, 15) is 21.9 Å². The van der Waals surface area contributed by atoms with Gasteiger partial charge in [-0.25, -0.2) is 64.8 Å². The van der Waals surface area contributed by atoms with Gasteiger partial charge in [0.15, 0.2) is 17.5 Å². The SMILES string of the molecule is C=Cc1ccc(-c2nc(-c3ccccc3F)c3c(n2)[C@]2(C)Cc4cnoc4[C@H](C)[C@H]2CC3)cn1.C[C@H]1c2oncc2C[C@@]2(C)c3nc(-c4ccc(CCS(C)(=O)=O)nc4)nc(-c4ccccc4F)c3CC[C@H]12.[C-]#[N+]C1=C(O)[C@H](C)[C@H]2CCc3c(-c4ccccc4F)nc(-c4ccc(CCS(C)(=O)=O)nc4)nc3[C@]2(C)C1. The summed E-state index contributed by atoms with van der Waals surface area (Å²) in [6.07, 6.45) is 20.1. The number of hydrogen-bond acceptors (Lipinski definition) is 18. The molecule has 0 bridgehead atoms. The zero-order valence-corrected chi connectivity index (χ0v) is 64.1. The Hall–Kier alpha value is -10.8. The topological polar surface area (TPSA) is 261 Å². The Bertz CT molecular complexity index is 5750. The van der Waals surface area contributed by atoms with Crippen LogP contribution >= 0.6 is 0 Å². The summed E-state index contributed by atoms with van der Waals surface area (Å²) < 4.78 is 103. The van der Waals surface area contributed by atoms with Gasteiger partial charge in [0.2, 0.25) is 5.70 Å². The summed E-state index contributed by atoms with van der Waals surface area (Å²) in [4.78, 5) is 47.0. The van der Waals surface area contributed by atoms with Crippen molar-refractivity contribution in [1.29, 1.82) is 0 Å². The number of fused-ring (bicyclic) bond motifs is 11. The molecule has 0 spiro atoms. The average Bonchev–Trinajstić information content (AvgIpc) is 1.09. The Morgan fingerprint density at radius 2 is 0.873 bits per heavy atom. The molecule has 3 aromatic carbocycles. The summed E-state index contributed by atoms with van der Waals surface area (Å²) >= 11 is 0. The van der Waals surface area contributed by atoms with Gasteiger partial charge in [0, 0.05) is 151 Å². The maximum atomic E-state index is 15.1. The van der Waals surface area contributed by atoms with Crippen LogP contribution in [0.5, 0.6) is 0 Å². The summed E-state index contributed by atoms with van der Waals surface area (Å²) in [5.41, 5.74) is 14.5. The number of pyridine rings is 3. The first-order valence-corrected chi connectivity index (χ1v) is 41.3. The predicted octanol–water partition coefficient (Wildman–Crippen LogP) is 16.7. The van der Waals surface area contributed by atoms with E-state index in [4.69, 9.17) is 45.5 Å². The average molecular weight is 1520 g/mol. The van der Waals surface area contributed by atoms with E-state index >= 15 is 13.2 Å². The van der Waals surface area contributed by atoms with Gasteiger partial charge in [-0.05, 0) is 154 Å². The molecular weight excluding hydrogens is 1430 g/mol. The normalized spacial score (nSPS) is 22.8. The van der Waals surface area contributed by atoms with Crippen LogP contribution in [0.15, 0.2) is 167 Å². The third-order valence-electron chi connectivity index (χ3n) is 24.0. The molecule has 0 saturated carbocycles. The van der Waals surface area contributed by atoms with Crippen LogP contribution in [0.25, 0.3) is 78.9 Å². The molecule has 6 aliphatic carbocycles. The van der Waals surface area contributed by atoms with E-state index in [1.54, 1.807) is 85.5 Å². The summed E-state index contributed by atoms with van der Waals surface area (Å²) in [5, 5.41) is 18.9. The van der Waals surface area contributed by atoms with Crippen molar-refractivity contribution in [3.63, 3.8) is 0 Å². The fraction of sp³-hybridized carbons (Fsp3) is 0.349. The van der Waals surface area contributed by atoms with Gasteiger partial charge in [0.25, 0.3) is 0 Å². The first-order valence-electron chi connectivity index (χ1n) is 37.1. The number of aliphatic hydroxyl groups excluding tert-OH is 1. The zero-order chi connectivity index (χ0) is 77.3. The molecule has 11 aromatic rings. The molecule has 0 aliphatic heterocycles. The molecule has 0 saturated heterocycles. The largest absolute Gasteiger partial charge is 0.523 e. The summed E-state index contributed by atoms with van der Waals surface area (Å²) in [5.74, 6) is 3.52. The van der Waals surface area contributed by atoms with Gasteiger partial charge in [0.05, 0.1) is 76.1 Å². The van der Waals surface area contributed by atoms with E-state index in [2.05, 4.69) is 71.3 Å². The number of aryl methyl sites for hydroxylation is 2. The maximum Gasteiger partial charge on any atom is 0.203 e. The molecule has 110 heavy (non-hydrogen) atoms. The Balaban J connectivity index is 0.000000131. The molecule has 8 aromatic heterocycles. The molecule has 562 valence electrons. The second kappa shape index (κ2) is 29.2. The van der Waals surface area contributed by atoms with Crippen molar-refractivity contribution >= 4 is 25.8 Å². The molecule has 0 radical (unpaired) electrons. The summed E-state index contributed by atoms with van der Waals surface area (Å²) in [6, 6.07) is 31.2. The standard InChI is InChI=1S/2C29H29FN4O3S.C28H25FN4O/c1-17-23-11-10-22-25(21-6-4-5-7-24(21)30)33-28(18-8-9-20(31-15-18)12-13-38(3,35)36)34-27(22)29(23,2)14-19-16-32-37-26(17)19;1-17-22-12-11-21-25(20-7-5-6-8-23(20)30)33-28(18-9-10-19(32-16-18)13-14-38(4,36)37)34-27(21)29(22,2)15-24(31-3)26(17)35;1-4-19-10-9-17(14-30-19)27-32-24(20-7-5-6-8-23(20)29)21-11-12-22-16(2)25-18(15-31-34-25)13-28(22,3)26(21)33-27/h4-9,15-17,23H,10-14H2,1-3H3;5-10,16-17,22,35H,11-15H2,1-2,4H3;4-10,14-16,22H,1,11-13H2,2-3H3/t17-,23-,29-;17-,22-,29-;16-,22-,28-/m111/s1. The van der Waals surface area contributed by atoms with Gasteiger partial charge in [-0.3, -0.25) is 15.0 Å². The highest BCUT2D eigenvalue weighted by Crippen LogP contribution is 2.58. The van der Waals surface area contributed by atoms with Crippen molar-refractivity contribution in [2.45, 2.75) is 140 Å². The first-order chi connectivity index (χ1) is 52.6. The molecule has 19 nitrogen and oxygen atoms in total. The number of benzene rings is 3. The Kier molecular flexibility index (Phi) is 19.8. The smallest absolute Gasteiger partial charge is 0.203 e. The van der Waals surface area contributed by atoms with E-state index in [0.717, 1.165) is 113 Å². The first kappa shape index (κ1) is 74.7. The summed E-state index contributed by atoms with van der Waals surface area (Å²) in [6.45, 7) is 24.4. The number of halogens is 3. The zero-order valence-electron chi connectivity index (χ0n) is 62.4. The van der Waals surface area contributed by atoms with Crippen LogP contribution in [0.1, 0.15) is 153 Å². The fourth-order valence-electron chi connectivity index (χ4n) is 18.4. The van der Waals surface area contributed by atoms with E-state index in [1.165, 1.54) is 30.7 Å². The predicted molar refractivity (Wildman–Crippen MR) is 414 cm³/mol. The lowest BCUT2D eigenvalue weighted by Crippen LogP contribution is -2.45. The number of aromatic nitrogens is 11. The Labute approximate surface area is 637 Å². The minimum Gasteiger partial charge on any atom is -0.523 e. The number of rotatable bonds is 13. The van der Waals surface area contributed by atoms with Crippen LogP contribution in [0.4, 0.5) is 13.2 Å². The maximum absolute atomic E-state index is 15.1. The molecule has 9 atom stereocenters. The van der Waals surface area contributed by atoms with E-state index < -0.39 is 25.1 Å². The number of nitrogens with zero attached hydrogens (tertiary/aromatic N) is 12. The molecule has 6 aliphatic rings. The van der Waals surface area contributed by atoms with Crippen LogP contribution in [-0.2, 0) is 80.9 Å². The van der Waals surface area contributed by atoms with E-state index in [-0.39, 0.29) is 69.2 Å². The Morgan fingerprint density at radius 3 is 1.21 bits per heavy atom. The third-order valence-corrected chi connectivity index (χ3v) is 25.9. The van der Waals surface area contributed by atoms with E-state index in [0.29, 0.717) is 117 Å². The highest BCUT2D eigenvalue weighted by atomic mass is 32.2. The van der Waals surface area contributed by atoms with Gasteiger partial charge >= 0.3 is 0 Å². The highest BCUT2D eigenvalue weighted by Gasteiger charge is 2.54. The van der Waals surface area contributed by atoms with Gasteiger partial charge in [-0.2, -0.15) is 0 Å². The molecule has 0 unspecified atom stereocenters. The van der Waals surface area contributed by atoms with E-state index in [1.807, 2.05) is 49.5 Å². The van der Waals surface area contributed by atoms with Crippen molar-refractivity contribution in [3.8, 4) is 67.9 Å². The highest BCUT2D eigenvalue weighted by molar-refractivity contribution is 7.90. The monoisotopic (exact) mass is 1520 g/mol. The molecule has 0 amide bonds. The fourth-order valence-corrected chi connectivity index (χ4v) is 19.5. The lowest BCUT2D eigenvalue weighted by Gasteiger charge is -2.48. The number of sulfone groups is 2. The minimum absolute atomic E-state index is 0.00774. The van der Waals surface area contributed by atoms with Crippen LogP contribution in [-0.4, -0.2) is 101 Å².